The molecule has 2 aromatic heterocycles. The Hall–Kier alpha value is -2.91. The van der Waals surface area contributed by atoms with E-state index in [0.29, 0.717) is 19.6 Å². The SMILES string of the molecule is Cc1c2c(OC(C)C3CNC(=O)C3)cc(-c3cnn([C@H]4CO[C@@H]5CCCO[C@@H]54)c3)cc2nn1C. The lowest BCUT2D eigenvalue weighted by atomic mass is 10.0. The van der Waals surface area contributed by atoms with E-state index in [1.54, 1.807) is 0 Å². The maximum absolute atomic E-state index is 11.7. The Bertz CT molecular complexity index is 1230. The van der Waals surface area contributed by atoms with Crippen LogP contribution in [0.1, 0.15) is 37.9 Å². The number of rotatable bonds is 5. The zero-order valence-electron chi connectivity index (χ0n) is 19.9. The molecule has 3 fully saturated rings. The van der Waals surface area contributed by atoms with Crippen molar-refractivity contribution < 1.29 is 19.0 Å². The molecule has 1 aromatic carbocycles. The van der Waals surface area contributed by atoms with Gasteiger partial charge in [0, 0.05) is 50.0 Å². The number of nitrogens with one attached hydrogen (secondary N) is 1. The largest absolute Gasteiger partial charge is 0.490 e. The van der Waals surface area contributed by atoms with Crippen molar-refractivity contribution in [1.29, 1.82) is 0 Å². The molecule has 3 aliphatic heterocycles. The fraction of sp³-hybridized carbons (Fsp3) is 0.560. The molecule has 0 radical (unpaired) electrons. The second-order valence-corrected chi connectivity index (χ2v) is 9.79. The first kappa shape index (κ1) is 21.6. The Labute approximate surface area is 198 Å². The third-order valence-corrected chi connectivity index (χ3v) is 7.62. The Balaban J connectivity index is 1.33. The Kier molecular flexibility index (Phi) is 5.33. The van der Waals surface area contributed by atoms with E-state index in [1.165, 1.54) is 0 Å². The average Bonchev–Trinajstić information content (AvgIpc) is 3.60. The standard InChI is InChI=1S/C25H31N5O4/c1-14-24-19(28-29(14)3)7-16(8-22(24)34-15(2)17-9-23(31)26-10-17)18-11-27-30(12-18)20-13-33-21-5-4-6-32-25(20)21/h7-8,11-12,15,17,20-21,25H,4-6,9-10,13H2,1-3H3,(H,26,31)/t15?,17?,20-,21+,25+/m0/s1. The van der Waals surface area contributed by atoms with Crippen LogP contribution in [0, 0.1) is 12.8 Å². The highest BCUT2D eigenvalue weighted by atomic mass is 16.6. The van der Waals surface area contributed by atoms with Gasteiger partial charge in [-0.25, -0.2) is 0 Å². The Morgan fingerprint density at radius 2 is 2.15 bits per heavy atom. The smallest absolute Gasteiger partial charge is 0.220 e. The summed E-state index contributed by atoms with van der Waals surface area (Å²) in [5, 5.41) is 13.3. The van der Waals surface area contributed by atoms with E-state index in [0.717, 1.165) is 52.9 Å². The summed E-state index contributed by atoms with van der Waals surface area (Å²) >= 11 is 0. The molecule has 9 heteroatoms. The first-order valence-electron chi connectivity index (χ1n) is 12.2. The second-order valence-electron chi connectivity index (χ2n) is 9.79. The van der Waals surface area contributed by atoms with Crippen molar-refractivity contribution in [1.82, 2.24) is 24.9 Å². The molecule has 0 spiro atoms. The van der Waals surface area contributed by atoms with Gasteiger partial charge in [0.2, 0.25) is 5.91 Å². The summed E-state index contributed by atoms with van der Waals surface area (Å²) in [5.74, 6) is 1.03. The minimum Gasteiger partial charge on any atom is -0.490 e. The van der Waals surface area contributed by atoms with Gasteiger partial charge in [0.05, 0.1) is 29.8 Å². The molecule has 3 aromatic rings. The number of fused-ring (bicyclic) bond motifs is 2. The van der Waals surface area contributed by atoms with Gasteiger partial charge in [-0.1, -0.05) is 0 Å². The van der Waals surface area contributed by atoms with Crippen LogP contribution in [0.3, 0.4) is 0 Å². The van der Waals surface area contributed by atoms with Crippen LogP contribution >= 0.6 is 0 Å². The summed E-state index contributed by atoms with van der Waals surface area (Å²) in [6.45, 7) is 6.13. The summed E-state index contributed by atoms with van der Waals surface area (Å²) in [7, 11) is 1.94. The molecule has 0 aliphatic carbocycles. The van der Waals surface area contributed by atoms with E-state index in [2.05, 4.69) is 28.7 Å². The molecular weight excluding hydrogens is 434 g/mol. The molecule has 1 N–H and O–H groups in total. The predicted octanol–water partition coefficient (Wildman–Crippen LogP) is 2.77. The number of ether oxygens (including phenoxy) is 3. The number of aromatic nitrogens is 4. The Morgan fingerprint density at radius 1 is 1.26 bits per heavy atom. The summed E-state index contributed by atoms with van der Waals surface area (Å²) in [6.07, 6.45) is 6.67. The van der Waals surface area contributed by atoms with Gasteiger partial charge in [0.1, 0.15) is 24.0 Å². The van der Waals surface area contributed by atoms with Gasteiger partial charge >= 0.3 is 0 Å². The molecule has 34 heavy (non-hydrogen) atoms. The van der Waals surface area contributed by atoms with Gasteiger partial charge < -0.3 is 19.5 Å². The molecule has 180 valence electrons. The topological polar surface area (TPSA) is 92.4 Å². The minimum absolute atomic E-state index is 0.0601. The van der Waals surface area contributed by atoms with E-state index in [4.69, 9.17) is 19.3 Å². The molecular formula is C25H31N5O4. The first-order valence-corrected chi connectivity index (χ1v) is 12.2. The molecule has 2 unspecified atom stereocenters. The number of benzene rings is 1. The van der Waals surface area contributed by atoms with E-state index >= 15 is 0 Å². The highest BCUT2D eigenvalue weighted by molar-refractivity contribution is 5.92. The van der Waals surface area contributed by atoms with Crippen molar-refractivity contribution in [2.45, 2.75) is 57.5 Å². The van der Waals surface area contributed by atoms with E-state index in [-0.39, 0.29) is 36.2 Å². The summed E-state index contributed by atoms with van der Waals surface area (Å²) < 4.78 is 22.4. The average molecular weight is 466 g/mol. The third kappa shape index (κ3) is 3.67. The molecule has 6 rings (SSSR count). The zero-order chi connectivity index (χ0) is 23.4. The lowest BCUT2D eigenvalue weighted by Gasteiger charge is -2.27. The van der Waals surface area contributed by atoms with Crippen LogP contribution in [0.5, 0.6) is 5.75 Å². The normalized spacial score (nSPS) is 27.7. The number of amides is 1. The van der Waals surface area contributed by atoms with Gasteiger partial charge in [0.15, 0.2) is 0 Å². The number of carbonyl (C=O) groups excluding carboxylic acids is 1. The fourth-order valence-corrected chi connectivity index (χ4v) is 5.48. The molecule has 9 nitrogen and oxygen atoms in total. The van der Waals surface area contributed by atoms with Gasteiger partial charge in [-0.05, 0) is 44.4 Å². The summed E-state index contributed by atoms with van der Waals surface area (Å²) in [4.78, 5) is 11.7. The quantitative estimate of drug-likeness (QED) is 0.623. The molecule has 0 bridgehead atoms. The van der Waals surface area contributed by atoms with E-state index in [9.17, 15) is 4.79 Å². The Morgan fingerprint density at radius 3 is 2.97 bits per heavy atom. The van der Waals surface area contributed by atoms with Gasteiger partial charge in [0.25, 0.3) is 0 Å². The third-order valence-electron chi connectivity index (χ3n) is 7.62. The highest BCUT2D eigenvalue weighted by Gasteiger charge is 2.41. The summed E-state index contributed by atoms with van der Waals surface area (Å²) in [5.41, 5.74) is 3.93. The van der Waals surface area contributed by atoms with Gasteiger partial charge in [-0.2, -0.15) is 10.2 Å². The van der Waals surface area contributed by atoms with Crippen molar-refractivity contribution in [3.05, 3.63) is 30.2 Å². The van der Waals surface area contributed by atoms with E-state index in [1.807, 2.05) is 36.5 Å². The van der Waals surface area contributed by atoms with Crippen LogP contribution in [0.2, 0.25) is 0 Å². The lowest BCUT2D eigenvalue weighted by Crippen LogP contribution is -2.35. The van der Waals surface area contributed by atoms with Crippen LogP contribution in [0.4, 0.5) is 0 Å². The van der Waals surface area contributed by atoms with Crippen LogP contribution in [-0.2, 0) is 21.3 Å². The maximum atomic E-state index is 11.7. The van der Waals surface area contributed by atoms with Gasteiger partial charge in [-0.15, -0.1) is 0 Å². The number of carbonyl (C=O) groups is 1. The minimum atomic E-state index is -0.101. The lowest BCUT2D eigenvalue weighted by molar-refractivity contribution is -0.119. The number of hydrogen-bond donors (Lipinski definition) is 1. The van der Waals surface area contributed by atoms with Crippen LogP contribution < -0.4 is 10.1 Å². The maximum Gasteiger partial charge on any atom is 0.220 e. The molecule has 3 saturated heterocycles. The first-order chi connectivity index (χ1) is 16.5. The van der Waals surface area contributed by atoms with Crippen LogP contribution in [0.15, 0.2) is 24.5 Å². The van der Waals surface area contributed by atoms with E-state index < -0.39 is 0 Å². The van der Waals surface area contributed by atoms with Crippen molar-refractivity contribution >= 4 is 16.8 Å². The van der Waals surface area contributed by atoms with Crippen LogP contribution in [-0.4, -0.2) is 63.5 Å². The summed E-state index contributed by atoms with van der Waals surface area (Å²) in [6, 6.07) is 4.25. The van der Waals surface area contributed by atoms with Gasteiger partial charge in [-0.3, -0.25) is 14.2 Å². The van der Waals surface area contributed by atoms with Crippen molar-refractivity contribution in [3.63, 3.8) is 0 Å². The zero-order valence-corrected chi connectivity index (χ0v) is 19.9. The van der Waals surface area contributed by atoms with Crippen LogP contribution in [0.25, 0.3) is 22.0 Å². The fourth-order valence-electron chi connectivity index (χ4n) is 5.48. The number of nitrogens with zero attached hydrogens (tertiary/aromatic N) is 4. The van der Waals surface area contributed by atoms with Crippen molar-refractivity contribution in [2.24, 2.45) is 13.0 Å². The molecule has 1 amide bonds. The number of aryl methyl sites for hydroxylation is 2. The number of hydrogen-bond acceptors (Lipinski definition) is 6. The highest BCUT2D eigenvalue weighted by Crippen LogP contribution is 2.37. The van der Waals surface area contributed by atoms with Crippen molar-refractivity contribution in [2.75, 3.05) is 19.8 Å². The molecule has 5 heterocycles. The predicted molar refractivity (Wildman–Crippen MR) is 126 cm³/mol. The monoisotopic (exact) mass is 465 g/mol. The second kappa shape index (κ2) is 8.39. The molecule has 0 saturated carbocycles. The molecule has 3 aliphatic rings. The molecule has 5 atom stereocenters. The van der Waals surface area contributed by atoms with Crippen molar-refractivity contribution in [3.8, 4) is 16.9 Å².